The summed E-state index contributed by atoms with van der Waals surface area (Å²) in [6.07, 6.45) is 8.02. The Morgan fingerprint density at radius 1 is 1.33 bits per heavy atom. The van der Waals surface area contributed by atoms with Gasteiger partial charge in [-0.1, -0.05) is 32.8 Å². The van der Waals surface area contributed by atoms with Crippen LogP contribution in [0.15, 0.2) is 12.7 Å². The van der Waals surface area contributed by atoms with Gasteiger partial charge in [-0.3, -0.25) is 5.43 Å². The molecule has 90 valence electrons. The molecule has 2 heteroatoms. The number of rotatable bonds is 9. The van der Waals surface area contributed by atoms with Gasteiger partial charge in [0.2, 0.25) is 0 Å². The lowest BCUT2D eigenvalue weighted by Gasteiger charge is -2.38. The molecular formula is C13H28N2. The molecule has 1 N–H and O–H groups in total. The summed E-state index contributed by atoms with van der Waals surface area (Å²) in [5.74, 6) is 0. The lowest BCUT2D eigenvalue weighted by atomic mass is 9.94. The Hall–Kier alpha value is -0.340. The van der Waals surface area contributed by atoms with E-state index in [1.807, 2.05) is 6.08 Å². The van der Waals surface area contributed by atoms with Gasteiger partial charge in [-0.05, 0) is 26.2 Å². The standard InChI is InChI=1S/C13H28N2/c1-6-9-10-12-14-15(5)13(4,8-3)11-7-2/h7,14H,2,6,8-12H2,1,3-5H3. The molecule has 0 aliphatic heterocycles. The number of hydrogen-bond donors (Lipinski definition) is 1. The zero-order chi connectivity index (χ0) is 11.7. The van der Waals surface area contributed by atoms with E-state index in [-0.39, 0.29) is 5.54 Å². The smallest absolute Gasteiger partial charge is 0.0354 e. The van der Waals surface area contributed by atoms with Gasteiger partial charge in [-0.2, -0.15) is 0 Å². The minimum atomic E-state index is 0.202. The predicted molar refractivity (Wildman–Crippen MR) is 68.8 cm³/mol. The fourth-order valence-electron chi connectivity index (χ4n) is 1.64. The molecule has 2 nitrogen and oxygen atoms in total. The third-order valence-corrected chi connectivity index (χ3v) is 3.28. The van der Waals surface area contributed by atoms with Crippen LogP contribution in [0.3, 0.4) is 0 Å². The Kier molecular flexibility index (Phi) is 7.71. The average molecular weight is 212 g/mol. The van der Waals surface area contributed by atoms with Crippen LogP contribution in [0.1, 0.15) is 52.9 Å². The van der Waals surface area contributed by atoms with Crippen LogP contribution >= 0.6 is 0 Å². The van der Waals surface area contributed by atoms with Gasteiger partial charge in [0.15, 0.2) is 0 Å². The number of unbranched alkanes of at least 4 members (excludes halogenated alkanes) is 2. The van der Waals surface area contributed by atoms with E-state index in [1.54, 1.807) is 0 Å². The molecule has 0 bridgehead atoms. The number of hydrogen-bond acceptors (Lipinski definition) is 2. The van der Waals surface area contributed by atoms with E-state index in [1.165, 1.54) is 19.3 Å². The second-order valence-corrected chi connectivity index (χ2v) is 4.52. The highest BCUT2D eigenvalue weighted by Gasteiger charge is 2.25. The second-order valence-electron chi connectivity index (χ2n) is 4.52. The van der Waals surface area contributed by atoms with Gasteiger partial charge in [0.05, 0.1) is 0 Å². The fourth-order valence-corrected chi connectivity index (χ4v) is 1.64. The monoisotopic (exact) mass is 212 g/mol. The van der Waals surface area contributed by atoms with E-state index in [0.29, 0.717) is 0 Å². The minimum Gasteiger partial charge on any atom is -0.255 e. The first-order chi connectivity index (χ1) is 7.10. The van der Waals surface area contributed by atoms with Crippen molar-refractivity contribution in [2.24, 2.45) is 0 Å². The summed E-state index contributed by atoms with van der Waals surface area (Å²) in [6, 6.07) is 0. The maximum Gasteiger partial charge on any atom is 0.0354 e. The summed E-state index contributed by atoms with van der Waals surface area (Å²) >= 11 is 0. The second kappa shape index (κ2) is 7.89. The number of nitrogens with zero attached hydrogens (tertiary/aromatic N) is 1. The molecule has 0 rings (SSSR count). The molecular weight excluding hydrogens is 184 g/mol. The summed E-state index contributed by atoms with van der Waals surface area (Å²) < 4.78 is 0. The molecule has 0 fully saturated rings. The Morgan fingerprint density at radius 3 is 2.47 bits per heavy atom. The third-order valence-electron chi connectivity index (χ3n) is 3.28. The van der Waals surface area contributed by atoms with Crippen molar-refractivity contribution in [3.8, 4) is 0 Å². The summed E-state index contributed by atoms with van der Waals surface area (Å²) in [5.41, 5.74) is 3.68. The average Bonchev–Trinajstić information content (AvgIpc) is 2.24. The molecule has 1 atom stereocenters. The lowest BCUT2D eigenvalue weighted by Crippen LogP contribution is -2.51. The molecule has 0 aromatic heterocycles. The SMILES string of the molecule is C=CCC(C)(CC)N(C)NCCCCC. The van der Waals surface area contributed by atoms with Crippen molar-refractivity contribution in [3.05, 3.63) is 12.7 Å². The predicted octanol–water partition coefficient (Wildman–Crippen LogP) is 3.36. The zero-order valence-electron chi connectivity index (χ0n) is 11.0. The van der Waals surface area contributed by atoms with Crippen molar-refractivity contribution in [3.63, 3.8) is 0 Å². The minimum absolute atomic E-state index is 0.202. The number of hydrazine groups is 1. The van der Waals surface area contributed by atoms with Gasteiger partial charge < -0.3 is 0 Å². The molecule has 1 unspecified atom stereocenters. The van der Waals surface area contributed by atoms with Crippen molar-refractivity contribution < 1.29 is 0 Å². The topological polar surface area (TPSA) is 15.3 Å². The van der Waals surface area contributed by atoms with Crippen LogP contribution < -0.4 is 5.43 Å². The van der Waals surface area contributed by atoms with E-state index in [9.17, 15) is 0 Å². The van der Waals surface area contributed by atoms with Crippen molar-refractivity contribution in [1.82, 2.24) is 10.4 Å². The van der Waals surface area contributed by atoms with Crippen molar-refractivity contribution in [1.29, 1.82) is 0 Å². The number of nitrogens with one attached hydrogen (secondary N) is 1. The summed E-state index contributed by atoms with van der Waals surface area (Å²) in [7, 11) is 2.14. The van der Waals surface area contributed by atoms with Gasteiger partial charge in [-0.25, -0.2) is 5.01 Å². The summed E-state index contributed by atoms with van der Waals surface area (Å²) in [4.78, 5) is 0. The normalized spacial score (nSPS) is 15.3. The molecule has 0 saturated carbocycles. The van der Waals surface area contributed by atoms with Crippen LogP contribution in [0.25, 0.3) is 0 Å². The van der Waals surface area contributed by atoms with Gasteiger partial charge in [-0.15, -0.1) is 6.58 Å². The molecule has 0 aromatic rings. The van der Waals surface area contributed by atoms with E-state index in [2.05, 4.69) is 44.8 Å². The van der Waals surface area contributed by atoms with Crippen LogP contribution in [-0.4, -0.2) is 24.1 Å². The molecule has 0 aliphatic carbocycles. The van der Waals surface area contributed by atoms with Gasteiger partial charge >= 0.3 is 0 Å². The summed E-state index contributed by atoms with van der Waals surface area (Å²) in [5, 5.41) is 2.25. The molecule has 0 aliphatic rings. The Balaban J connectivity index is 3.92. The third kappa shape index (κ3) is 5.33. The van der Waals surface area contributed by atoms with Crippen molar-refractivity contribution in [2.75, 3.05) is 13.6 Å². The zero-order valence-corrected chi connectivity index (χ0v) is 11.0. The fraction of sp³-hybridized carbons (Fsp3) is 0.846. The van der Waals surface area contributed by atoms with Crippen LogP contribution in [-0.2, 0) is 0 Å². The van der Waals surface area contributed by atoms with Gasteiger partial charge in [0, 0.05) is 19.1 Å². The Morgan fingerprint density at radius 2 is 2.00 bits per heavy atom. The maximum absolute atomic E-state index is 3.83. The maximum atomic E-state index is 3.83. The van der Waals surface area contributed by atoms with Gasteiger partial charge in [0.1, 0.15) is 0 Å². The van der Waals surface area contributed by atoms with Crippen molar-refractivity contribution in [2.45, 2.75) is 58.4 Å². The molecule has 0 amide bonds. The van der Waals surface area contributed by atoms with Crippen LogP contribution in [0.2, 0.25) is 0 Å². The van der Waals surface area contributed by atoms with Crippen LogP contribution in [0.4, 0.5) is 0 Å². The largest absolute Gasteiger partial charge is 0.255 e. The first-order valence-electron chi connectivity index (χ1n) is 6.19. The van der Waals surface area contributed by atoms with E-state index in [0.717, 1.165) is 19.4 Å². The molecule has 0 aromatic carbocycles. The van der Waals surface area contributed by atoms with Crippen LogP contribution in [0, 0.1) is 0 Å². The van der Waals surface area contributed by atoms with E-state index in [4.69, 9.17) is 0 Å². The Bertz CT molecular complexity index is 168. The Labute approximate surface area is 95.7 Å². The van der Waals surface area contributed by atoms with E-state index >= 15 is 0 Å². The molecule has 15 heavy (non-hydrogen) atoms. The van der Waals surface area contributed by atoms with Crippen molar-refractivity contribution >= 4 is 0 Å². The summed E-state index contributed by atoms with van der Waals surface area (Å²) in [6.45, 7) is 11.7. The van der Waals surface area contributed by atoms with E-state index < -0.39 is 0 Å². The first kappa shape index (κ1) is 14.7. The van der Waals surface area contributed by atoms with Crippen LogP contribution in [0.5, 0.6) is 0 Å². The molecule has 0 radical (unpaired) electrons. The van der Waals surface area contributed by atoms with Gasteiger partial charge in [0.25, 0.3) is 0 Å². The highest BCUT2D eigenvalue weighted by Crippen LogP contribution is 2.20. The molecule has 0 saturated heterocycles. The lowest BCUT2D eigenvalue weighted by molar-refractivity contribution is 0.0746. The molecule has 0 heterocycles. The molecule has 0 spiro atoms. The highest BCUT2D eigenvalue weighted by molar-refractivity contribution is 4.88. The highest BCUT2D eigenvalue weighted by atomic mass is 15.5. The quantitative estimate of drug-likeness (QED) is 0.358. The first-order valence-corrected chi connectivity index (χ1v) is 6.19.